The number of nitrogens with two attached hydrogens (primary N) is 2. The van der Waals surface area contributed by atoms with Crippen LogP contribution in [0.4, 0.5) is 13.2 Å². The van der Waals surface area contributed by atoms with Crippen molar-refractivity contribution in [2.45, 2.75) is 38.5 Å². The Morgan fingerprint density at radius 1 is 1.00 bits per heavy atom. The topological polar surface area (TPSA) is 106 Å². The lowest BCUT2D eigenvalue weighted by Gasteiger charge is -2.19. The summed E-state index contributed by atoms with van der Waals surface area (Å²) in [5.74, 6) is -2.32. The van der Waals surface area contributed by atoms with Crippen molar-refractivity contribution in [1.29, 1.82) is 0 Å². The van der Waals surface area contributed by atoms with Crippen molar-refractivity contribution in [2.75, 3.05) is 0 Å². The molecule has 0 aliphatic carbocycles. The van der Waals surface area contributed by atoms with E-state index in [0.717, 1.165) is 18.2 Å². The van der Waals surface area contributed by atoms with Crippen molar-refractivity contribution >= 4 is 11.9 Å². The lowest BCUT2D eigenvalue weighted by molar-refractivity contribution is 0.0975. The number of carbonyl (C=O) groups excluding carboxylic acids is 1. The minimum Gasteiger partial charge on any atom is -0.354 e. The molecule has 0 radical (unpaired) electrons. The van der Waals surface area contributed by atoms with Crippen molar-refractivity contribution in [2.24, 2.45) is 16.5 Å². The van der Waals surface area contributed by atoms with Crippen LogP contribution in [0.1, 0.15) is 42.2 Å². The maximum absolute atomic E-state index is 13.4. The highest BCUT2D eigenvalue weighted by atomic mass is 19.1. The molecule has 0 heterocycles. The molecule has 0 bridgehead atoms. The van der Waals surface area contributed by atoms with Crippen molar-refractivity contribution in [3.63, 3.8) is 0 Å². The summed E-state index contributed by atoms with van der Waals surface area (Å²) >= 11 is 0. The highest BCUT2D eigenvalue weighted by Gasteiger charge is 2.16. The Balaban J connectivity index is 2.11. The molecule has 0 aliphatic heterocycles. The summed E-state index contributed by atoms with van der Waals surface area (Å²) < 4.78 is 39.8. The van der Waals surface area contributed by atoms with Crippen LogP contribution >= 0.6 is 0 Å². The fraction of sp³-hybridized carbons (Fsp3) is 0.300. The Bertz CT molecular complexity index is 851. The number of rotatable bonds is 6. The van der Waals surface area contributed by atoms with E-state index >= 15 is 0 Å². The lowest BCUT2D eigenvalue weighted by Crippen LogP contribution is -2.45. The zero-order chi connectivity index (χ0) is 21.6. The number of aliphatic imine (C=N–C) groups is 1. The van der Waals surface area contributed by atoms with E-state index in [1.54, 1.807) is 0 Å². The first kappa shape index (κ1) is 22.4. The summed E-state index contributed by atoms with van der Waals surface area (Å²) in [6.45, 7) is 3.68. The van der Waals surface area contributed by atoms with Gasteiger partial charge in [-0.15, -0.1) is 0 Å². The van der Waals surface area contributed by atoms with Crippen LogP contribution in [0, 0.1) is 17.5 Å². The SMILES string of the molecule is CC(C)NC(=NC(N)CC(N)c1cc(F)cc(F)c1)NC(=O)c1ccc(F)cc1. The first-order valence-electron chi connectivity index (χ1n) is 9.02. The van der Waals surface area contributed by atoms with E-state index in [0.29, 0.717) is 0 Å². The number of hydrogen-bond donors (Lipinski definition) is 4. The van der Waals surface area contributed by atoms with E-state index in [4.69, 9.17) is 11.5 Å². The Morgan fingerprint density at radius 3 is 2.14 bits per heavy atom. The van der Waals surface area contributed by atoms with Gasteiger partial charge < -0.3 is 16.8 Å². The quantitative estimate of drug-likeness (QED) is 0.436. The van der Waals surface area contributed by atoms with Gasteiger partial charge in [0.25, 0.3) is 5.91 Å². The van der Waals surface area contributed by atoms with Crippen molar-refractivity contribution in [3.8, 4) is 0 Å². The number of nitrogens with one attached hydrogen (secondary N) is 2. The van der Waals surface area contributed by atoms with Gasteiger partial charge in [0, 0.05) is 30.1 Å². The monoisotopic (exact) mass is 407 g/mol. The maximum atomic E-state index is 13.4. The second kappa shape index (κ2) is 10.0. The van der Waals surface area contributed by atoms with Crippen molar-refractivity contribution in [1.82, 2.24) is 10.6 Å². The maximum Gasteiger partial charge on any atom is 0.257 e. The van der Waals surface area contributed by atoms with Gasteiger partial charge >= 0.3 is 0 Å². The van der Waals surface area contributed by atoms with Crippen LogP contribution in [0.2, 0.25) is 0 Å². The van der Waals surface area contributed by atoms with E-state index in [1.807, 2.05) is 13.8 Å². The zero-order valence-electron chi connectivity index (χ0n) is 16.1. The van der Waals surface area contributed by atoms with Gasteiger partial charge in [-0.25, -0.2) is 18.2 Å². The van der Waals surface area contributed by atoms with Crippen molar-refractivity contribution < 1.29 is 18.0 Å². The van der Waals surface area contributed by atoms with Gasteiger partial charge in [0.05, 0.1) is 0 Å². The molecule has 2 aromatic carbocycles. The molecule has 6 N–H and O–H groups in total. The van der Waals surface area contributed by atoms with Gasteiger partial charge in [0.15, 0.2) is 5.96 Å². The molecule has 1 amide bonds. The number of hydrogen-bond acceptors (Lipinski definition) is 4. The molecule has 9 heteroatoms. The van der Waals surface area contributed by atoms with Crippen LogP contribution < -0.4 is 22.1 Å². The Labute approximate surface area is 167 Å². The normalized spacial score (nSPS) is 13.9. The third kappa shape index (κ3) is 7.20. The molecule has 156 valence electrons. The van der Waals surface area contributed by atoms with Crippen LogP contribution in [-0.4, -0.2) is 24.1 Å². The number of halogens is 3. The second-order valence-electron chi connectivity index (χ2n) is 6.85. The fourth-order valence-corrected chi connectivity index (χ4v) is 2.56. The number of carbonyl (C=O) groups is 1. The van der Waals surface area contributed by atoms with Gasteiger partial charge in [-0.05, 0) is 55.8 Å². The molecule has 2 aromatic rings. The first-order chi connectivity index (χ1) is 13.6. The average molecular weight is 407 g/mol. The minimum absolute atomic E-state index is 0.0690. The average Bonchev–Trinajstić information content (AvgIpc) is 2.60. The minimum atomic E-state index is -0.855. The van der Waals surface area contributed by atoms with Crippen LogP contribution in [0.15, 0.2) is 47.5 Å². The number of guanidine groups is 1. The smallest absolute Gasteiger partial charge is 0.257 e. The highest BCUT2D eigenvalue weighted by Crippen LogP contribution is 2.18. The van der Waals surface area contributed by atoms with Crippen LogP contribution in [-0.2, 0) is 0 Å². The molecule has 0 fully saturated rings. The molecule has 0 spiro atoms. The summed E-state index contributed by atoms with van der Waals surface area (Å²) in [7, 11) is 0. The Hall–Kier alpha value is -2.91. The van der Waals surface area contributed by atoms with E-state index in [-0.39, 0.29) is 29.5 Å². The van der Waals surface area contributed by atoms with E-state index in [2.05, 4.69) is 15.6 Å². The molecule has 2 unspecified atom stereocenters. The molecule has 0 saturated heterocycles. The molecule has 2 atom stereocenters. The zero-order valence-corrected chi connectivity index (χ0v) is 16.1. The number of nitrogens with zero attached hydrogens (tertiary/aromatic N) is 1. The predicted octanol–water partition coefficient (Wildman–Crippen LogP) is 2.56. The molecule has 29 heavy (non-hydrogen) atoms. The van der Waals surface area contributed by atoms with Crippen LogP contribution in [0.25, 0.3) is 0 Å². The molecular formula is C20H24F3N5O. The fourth-order valence-electron chi connectivity index (χ4n) is 2.56. The third-order valence-corrected chi connectivity index (χ3v) is 3.87. The summed E-state index contributed by atoms with van der Waals surface area (Å²) in [5, 5.41) is 5.54. The van der Waals surface area contributed by atoms with Gasteiger partial charge in [0.2, 0.25) is 0 Å². The van der Waals surface area contributed by atoms with E-state index in [1.165, 1.54) is 24.3 Å². The van der Waals surface area contributed by atoms with Gasteiger partial charge in [0.1, 0.15) is 23.6 Å². The highest BCUT2D eigenvalue weighted by molar-refractivity contribution is 6.05. The molecule has 0 aliphatic rings. The summed E-state index contributed by atoms with van der Waals surface area (Å²) in [6.07, 6.45) is -0.774. The molecule has 0 saturated carbocycles. The molecular weight excluding hydrogens is 383 g/mol. The van der Waals surface area contributed by atoms with E-state index in [9.17, 15) is 18.0 Å². The van der Waals surface area contributed by atoms with Crippen molar-refractivity contribution in [3.05, 3.63) is 71.0 Å². The van der Waals surface area contributed by atoms with Gasteiger partial charge in [-0.2, -0.15) is 0 Å². The molecule has 0 aromatic heterocycles. The second-order valence-corrected chi connectivity index (χ2v) is 6.85. The van der Waals surface area contributed by atoms with Gasteiger partial charge in [-0.1, -0.05) is 0 Å². The third-order valence-electron chi connectivity index (χ3n) is 3.87. The standard InChI is InChI=1S/C20H24F3N5O/c1-11(2)26-20(28-19(29)12-3-5-14(21)6-4-12)27-18(25)10-17(24)13-7-15(22)9-16(23)8-13/h3-9,11,17-18H,10,24-25H2,1-2H3,(H2,26,27,28,29). The molecule has 2 rings (SSSR count). The summed E-state index contributed by atoms with van der Waals surface area (Å²) in [6, 6.07) is 7.21. The summed E-state index contributed by atoms with van der Waals surface area (Å²) in [5.41, 5.74) is 12.5. The van der Waals surface area contributed by atoms with Crippen LogP contribution in [0.3, 0.4) is 0 Å². The molecule has 6 nitrogen and oxygen atoms in total. The lowest BCUT2D eigenvalue weighted by atomic mass is 10.0. The van der Waals surface area contributed by atoms with Crippen LogP contribution in [0.5, 0.6) is 0 Å². The van der Waals surface area contributed by atoms with Gasteiger partial charge in [-0.3, -0.25) is 10.1 Å². The first-order valence-corrected chi connectivity index (χ1v) is 9.02. The predicted molar refractivity (Wildman–Crippen MR) is 105 cm³/mol. The Morgan fingerprint density at radius 2 is 1.59 bits per heavy atom. The largest absolute Gasteiger partial charge is 0.354 e. The summed E-state index contributed by atoms with van der Waals surface area (Å²) in [4.78, 5) is 16.6. The Kier molecular flexibility index (Phi) is 7.74. The number of amides is 1. The van der Waals surface area contributed by atoms with E-state index < -0.39 is 35.6 Å². The number of benzene rings is 2.